The van der Waals surface area contributed by atoms with Gasteiger partial charge in [-0.2, -0.15) is 5.10 Å². The Bertz CT molecular complexity index is 947. The summed E-state index contributed by atoms with van der Waals surface area (Å²) >= 11 is 0. The Hall–Kier alpha value is -3.36. The number of anilines is 1. The lowest BCUT2D eigenvalue weighted by Crippen LogP contribution is -2.42. The number of aromatic nitrogens is 2. The molecule has 2 fully saturated rings. The quantitative estimate of drug-likeness (QED) is 0.767. The van der Waals surface area contributed by atoms with Crippen LogP contribution in [0, 0.1) is 5.92 Å². The van der Waals surface area contributed by atoms with Gasteiger partial charge in [-0.1, -0.05) is 0 Å². The average molecular weight is 411 g/mol. The fourth-order valence-electron chi connectivity index (χ4n) is 4.23. The highest BCUT2D eigenvalue weighted by molar-refractivity contribution is 6.00. The third kappa shape index (κ3) is 3.87. The zero-order valence-corrected chi connectivity index (χ0v) is 16.8. The molecule has 3 amide bonds. The molecule has 30 heavy (non-hydrogen) atoms. The molecule has 0 aliphatic carbocycles. The predicted octanol–water partition coefficient (Wildman–Crippen LogP) is 1.28. The van der Waals surface area contributed by atoms with Crippen LogP contribution in [-0.4, -0.2) is 59.6 Å². The van der Waals surface area contributed by atoms with Crippen molar-refractivity contribution in [2.75, 3.05) is 31.6 Å². The molecule has 2 aliphatic rings. The van der Waals surface area contributed by atoms with Crippen molar-refractivity contribution in [3.63, 3.8) is 0 Å². The number of benzene rings is 1. The third-order valence-corrected chi connectivity index (χ3v) is 5.95. The summed E-state index contributed by atoms with van der Waals surface area (Å²) in [6.45, 7) is 1.62. The van der Waals surface area contributed by atoms with Crippen molar-refractivity contribution in [3.05, 3.63) is 41.7 Å². The Kier molecular flexibility index (Phi) is 5.43. The van der Waals surface area contributed by atoms with E-state index in [4.69, 9.17) is 10.5 Å². The maximum atomic E-state index is 13.0. The number of primary amides is 1. The molecule has 2 aromatic rings. The van der Waals surface area contributed by atoms with Crippen molar-refractivity contribution in [2.24, 2.45) is 11.7 Å². The number of amides is 3. The summed E-state index contributed by atoms with van der Waals surface area (Å²) in [5.41, 5.74) is 7.13. The number of nitrogens with one attached hydrogen (secondary N) is 1. The van der Waals surface area contributed by atoms with Crippen molar-refractivity contribution < 1.29 is 19.1 Å². The van der Waals surface area contributed by atoms with Gasteiger partial charge >= 0.3 is 0 Å². The summed E-state index contributed by atoms with van der Waals surface area (Å²) in [4.78, 5) is 40.2. The molecule has 158 valence electrons. The Morgan fingerprint density at radius 1 is 1.20 bits per heavy atom. The highest BCUT2D eigenvalue weighted by Crippen LogP contribution is 2.31. The van der Waals surface area contributed by atoms with E-state index >= 15 is 0 Å². The van der Waals surface area contributed by atoms with Crippen molar-refractivity contribution in [2.45, 2.75) is 25.2 Å². The molecule has 1 unspecified atom stereocenters. The standard InChI is InChI=1S/C21H25N5O4/c1-30-16-4-2-15(3-5-16)26-12-14(10-19(26)27)21(29)25-8-6-13(7-9-25)17-11-18(20(22)28)24-23-17/h2-5,11,13-14H,6-10,12H2,1H3,(H2,22,28)(H,23,24). The molecular weight excluding hydrogens is 386 g/mol. The van der Waals surface area contributed by atoms with Gasteiger partial charge in [0, 0.05) is 43.4 Å². The fraction of sp³-hybridized carbons (Fsp3) is 0.429. The van der Waals surface area contributed by atoms with Gasteiger partial charge in [0.2, 0.25) is 11.8 Å². The lowest BCUT2D eigenvalue weighted by atomic mass is 9.92. The minimum atomic E-state index is -0.558. The van der Waals surface area contributed by atoms with Gasteiger partial charge in [-0.15, -0.1) is 0 Å². The Morgan fingerprint density at radius 2 is 1.90 bits per heavy atom. The molecule has 3 N–H and O–H groups in total. The van der Waals surface area contributed by atoms with Crippen LogP contribution in [-0.2, 0) is 9.59 Å². The van der Waals surface area contributed by atoms with Crippen molar-refractivity contribution in [1.29, 1.82) is 0 Å². The maximum absolute atomic E-state index is 13.0. The summed E-state index contributed by atoms with van der Waals surface area (Å²) in [5.74, 6) is 0.0315. The maximum Gasteiger partial charge on any atom is 0.269 e. The number of methoxy groups -OCH3 is 1. The van der Waals surface area contributed by atoms with Crippen LogP contribution in [0.15, 0.2) is 30.3 Å². The van der Waals surface area contributed by atoms with Gasteiger partial charge in [-0.25, -0.2) is 0 Å². The molecule has 1 aromatic heterocycles. The number of H-pyrrole nitrogens is 1. The Morgan fingerprint density at radius 3 is 2.50 bits per heavy atom. The molecule has 9 nitrogen and oxygen atoms in total. The van der Waals surface area contributed by atoms with Gasteiger partial charge < -0.3 is 20.3 Å². The largest absolute Gasteiger partial charge is 0.497 e. The molecule has 1 aromatic carbocycles. The van der Waals surface area contributed by atoms with Crippen LogP contribution >= 0.6 is 0 Å². The second-order valence-corrected chi connectivity index (χ2v) is 7.78. The summed E-state index contributed by atoms with van der Waals surface area (Å²) in [6.07, 6.45) is 1.78. The van der Waals surface area contributed by atoms with Gasteiger partial charge in [-0.3, -0.25) is 19.5 Å². The van der Waals surface area contributed by atoms with Crippen LogP contribution < -0.4 is 15.4 Å². The average Bonchev–Trinajstić information content (AvgIpc) is 3.41. The van der Waals surface area contributed by atoms with E-state index in [0.29, 0.717) is 19.6 Å². The van der Waals surface area contributed by atoms with Crippen LogP contribution in [0.5, 0.6) is 5.75 Å². The van der Waals surface area contributed by atoms with E-state index < -0.39 is 5.91 Å². The topological polar surface area (TPSA) is 122 Å². The Labute approximate surface area is 174 Å². The number of hydrogen-bond donors (Lipinski definition) is 2. The molecule has 4 rings (SSSR count). The molecule has 0 spiro atoms. The van der Waals surface area contributed by atoms with Gasteiger partial charge in [0.25, 0.3) is 5.91 Å². The summed E-state index contributed by atoms with van der Waals surface area (Å²) in [7, 11) is 1.59. The lowest BCUT2D eigenvalue weighted by molar-refractivity contribution is -0.136. The highest BCUT2D eigenvalue weighted by Gasteiger charge is 2.38. The molecule has 2 aliphatic heterocycles. The zero-order chi connectivity index (χ0) is 21.3. The predicted molar refractivity (Wildman–Crippen MR) is 109 cm³/mol. The third-order valence-electron chi connectivity index (χ3n) is 5.95. The van der Waals surface area contributed by atoms with Crippen LogP contribution in [0.2, 0.25) is 0 Å². The number of likely N-dealkylation sites (tertiary alicyclic amines) is 1. The van der Waals surface area contributed by atoms with E-state index in [0.717, 1.165) is 30.0 Å². The molecule has 2 saturated heterocycles. The normalized spacial score (nSPS) is 19.9. The van der Waals surface area contributed by atoms with Crippen molar-refractivity contribution in [1.82, 2.24) is 15.1 Å². The lowest BCUT2D eigenvalue weighted by Gasteiger charge is -2.33. The highest BCUT2D eigenvalue weighted by atomic mass is 16.5. The minimum absolute atomic E-state index is 0.0280. The number of ether oxygens (including phenoxy) is 1. The summed E-state index contributed by atoms with van der Waals surface area (Å²) in [5, 5.41) is 6.81. The SMILES string of the molecule is COc1ccc(N2CC(C(=O)N3CCC(c4cc(C(N)=O)n[nH]4)CC3)CC2=O)cc1. The number of nitrogens with zero attached hydrogens (tertiary/aromatic N) is 3. The van der Waals surface area contributed by atoms with E-state index in [9.17, 15) is 14.4 Å². The number of rotatable bonds is 5. The van der Waals surface area contributed by atoms with Gasteiger partial charge in [0.1, 0.15) is 11.4 Å². The number of piperidine rings is 1. The van der Waals surface area contributed by atoms with E-state index in [1.807, 2.05) is 29.2 Å². The van der Waals surface area contributed by atoms with Crippen molar-refractivity contribution in [3.8, 4) is 5.75 Å². The molecule has 0 radical (unpaired) electrons. The van der Waals surface area contributed by atoms with E-state index in [-0.39, 0.29) is 35.8 Å². The van der Waals surface area contributed by atoms with Crippen molar-refractivity contribution >= 4 is 23.4 Å². The van der Waals surface area contributed by atoms with Gasteiger partial charge in [0.15, 0.2) is 0 Å². The van der Waals surface area contributed by atoms with E-state index in [1.54, 1.807) is 18.1 Å². The first kappa shape index (κ1) is 19.9. The van der Waals surface area contributed by atoms with Gasteiger partial charge in [-0.05, 0) is 43.2 Å². The zero-order valence-electron chi connectivity index (χ0n) is 16.8. The molecule has 1 atom stereocenters. The molecular formula is C21H25N5O4. The van der Waals surface area contributed by atoms with Crippen LogP contribution in [0.25, 0.3) is 0 Å². The van der Waals surface area contributed by atoms with E-state index in [1.165, 1.54) is 0 Å². The number of carbonyl (C=O) groups is 3. The van der Waals surface area contributed by atoms with Crippen LogP contribution in [0.3, 0.4) is 0 Å². The molecule has 0 saturated carbocycles. The first-order valence-corrected chi connectivity index (χ1v) is 10.0. The number of nitrogens with two attached hydrogens (primary N) is 1. The fourth-order valence-corrected chi connectivity index (χ4v) is 4.23. The molecule has 9 heteroatoms. The molecule has 3 heterocycles. The molecule has 0 bridgehead atoms. The summed E-state index contributed by atoms with van der Waals surface area (Å²) in [6, 6.07) is 8.97. The second-order valence-electron chi connectivity index (χ2n) is 7.78. The monoisotopic (exact) mass is 411 g/mol. The van der Waals surface area contributed by atoms with Crippen LogP contribution in [0.4, 0.5) is 5.69 Å². The van der Waals surface area contributed by atoms with E-state index in [2.05, 4.69) is 10.2 Å². The smallest absolute Gasteiger partial charge is 0.269 e. The first-order valence-electron chi connectivity index (χ1n) is 10.0. The number of hydrogen-bond acceptors (Lipinski definition) is 5. The first-order chi connectivity index (χ1) is 14.5. The van der Waals surface area contributed by atoms with Gasteiger partial charge in [0.05, 0.1) is 13.0 Å². The Balaban J connectivity index is 1.35. The second kappa shape index (κ2) is 8.17. The summed E-state index contributed by atoms with van der Waals surface area (Å²) < 4.78 is 5.16. The van der Waals surface area contributed by atoms with Crippen LogP contribution in [0.1, 0.15) is 41.4 Å². The number of carbonyl (C=O) groups excluding carboxylic acids is 3. The minimum Gasteiger partial charge on any atom is -0.497 e. The number of aromatic amines is 1.